The fraction of sp³-hybridized carbons (Fsp3) is 0.250. The highest BCUT2D eigenvalue weighted by atomic mass is 35.5. The minimum atomic E-state index is -4.93. The number of halogens is 4. The second kappa shape index (κ2) is 10.2. The Kier molecular flexibility index (Phi) is 6.98. The molecule has 0 unspecified atom stereocenters. The van der Waals surface area contributed by atoms with Gasteiger partial charge in [-0.05, 0) is 53.9 Å². The Morgan fingerprint density at radius 3 is 2.42 bits per heavy atom. The van der Waals surface area contributed by atoms with E-state index in [1.807, 2.05) is 17.0 Å². The smallest absolute Gasteiger partial charge is 0.450 e. The minimum absolute atomic E-state index is 0.00388. The molecule has 1 aliphatic heterocycles. The molecule has 0 fully saturated rings. The first-order chi connectivity index (χ1) is 18.2. The van der Waals surface area contributed by atoms with Crippen LogP contribution in [0, 0.1) is 0 Å². The third-order valence-electron chi connectivity index (χ3n) is 6.46. The van der Waals surface area contributed by atoms with Crippen LogP contribution < -0.4 is 19.6 Å². The first-order valence-electron chi connectivity index (χ1n) is 11.7. The number of alkyl halides is 3. The lowest BCUT2D eigenvalue weighted by atomic mass is 9.99. The molecule has 198 valence electrons. The molecular formula is C28H23ClF3NO5. The maximum Gasteiger partial charge on any atom is 0.450 e. The molecule has 5 rings (SSSR count). The molecule has 0 bridgehead atoms. The molecule has 38 heavy (non-hydrogen) atoms. The van der Waals surface area contributed by atoms with E-state index in [1.165, 1.54) is 38.5 Å². The van der Waals surface area contributed by atoms with E-state index in [4.69, 9.17) is 30.2 Å². The van der Waals surface area contributed by atoms with Gasteiger partial charge >= 0.3 is 6.18 Å². The zero-order valence-corrected chi connectivity index (χ0v) is 21.3. The van der Waals surface area contributed by atoms with Crippen molar-refractivity contribution in [2.24, 2.45) is 0 Å². The van der Waals surface area contributed by atoms with Gasteiger partial charge in [-0.1, -0.05) is 29.8 Å². The Balaban J connectivity index is 1.58. The van der Waals surface area contributed by atoms with Crippen LogP contribution in [0.15, 0.2) is 63.8 Å². The molecule has 0 radical (unpaired) electrons. The number of ether oxygens (including phenoxy) is 3. The van der Waals surface area contributed by atoms with E-state index in [9.17, 15) is 18.0 Å². The summed E-state index contributed by atoms with van der Waals surface area (Å²) in [5.41, 5.74) is -0.0755. The molecule has 0 spiro atoms. The van der Waals surface area contributed by atoms with E-state index >= 15 is 0 Å². The molecule has 10 heteroatoms. The summed E-state index contributed by atoms with van der Waals surface area (Å²) in [6, 6.07) is 14.6. The fourth-order valence-electron chi connectivity index (χ4n) is 4.55. The lowest BCUT2D eigenvalue weighted by Gasteiger charge is -2.29. The fourth-order valence-corrected chi connectivity index (χ4v) is 4.67. The van der Waals surface area contributed by atoms with Crippen LogP contribution in [0.1, 0.15) is 16.9 Å². The first kappa shape index (κ1) is 25.9. The molecule has 4 aromatic rings. The molecule has 1 aliphatic rings. The van der Waals surface area contributed by atoms with Crippen LogP contribution >= 0.6 is 11.6 Å². The van der Waals surface area contributed by atoms with E-state index in [-0.39, 0.29) is 35.6 Å². The van der Waals surface area contributed by atoms with Gasteiger partial charge in [-0.15, -0.1) is 0 Å². The largest absolute Gasteiger partial charge is 0.493 e. The zero-order chi connectivity index (χ0) is 27.0. The van der Waals surface area contributed by atoms with Gasteiger partial charge in [-0.3, -0.25) is 9.69 Å². The van der Waals surface area contributed by atoms with Gasteiger partial charge in [0.2, 0.25) is 11.2 Å². The number of fused-ring (bicyclic) bond motifs is 3. The molecule has 1 aromatic heterocycles. The summed E-state index contributed by atoms with van der Waals surface area (Å²) in [6.07, 6.45) is -4.25. The average molecular weight is 546 g/mol. The van der Waals surface area contributed by atoms with Gasteiger partial charge in [0, 0.05) is 18.1 Å². The van der Waals surface area contributed by atoms with Crippen molar-refractivity contribution >= 4 is 22.6 Å². The number of rotatable bonds is 6. The molecule has 0 saturated heterocycles. The zero-order valence-electron chi connectivity index (χ0n) is 20.5. The van der Waals surface area contributed by atoms with Crippen molar-refractivity contribution in [3.8, 4) is 28.4 Å². The van der Waals surface area contributed by atoms with Crippen molar-refractivity contribution in [3.05, 3.63) is 86.7 Å². The van der Waals surface area contributed by atoms with Crippen molar-refractivity contribution in [2.45, 2.75) is 19.1 Å². The Morgan fingerprint density at radius 1 is 1.00 bits per heavy atom. The summed E-state index contributed by atoms with van der Waals surface area (Å²) in [5, 5.41) is 0.670. The van der Waals surface area contributed by atoms with Crippen LogP contribution in [0.4, 0.5) is 13.2 Å². The summed E-state index contributed by atoms with van der Waals surface area (Å²) in [7, 11) is 2.77. The van der Waals surface area contributed by atoms with Crippen LogP contribution in [0.25, 0.3) is 22.1 Å². The molecule has 3 aromatic carbocycles. The molecule has 0 amide bonds. The monoisotopic (exact) mass is 545 g/mol. The van der Waals surface area contributed by atoms with Crippen molar-refractivity contribution in [2.75, 3.05) is 27.5 Å². The average Bonchev–Trinajstić information content (AvgIpc) is 2.91. The Bertz CT molecular complexity index is 1550. The van der Waals surface area contributed by atoms with Gasteiger partial charge in [0.05, 0.1) is 30.7 Å². The van der Waals surface area contributed by atoms with Crippen LogP contribution in [0.5, 0.6) is 17.2 Å². The van der Waals surface area contributed by atoms with E-state index in [0.29, 0.717) is 35.1 Å². The Hall–Kier alpha value is -3.69. The highest BCUT2D eigenvalue weighted by Gasteiger charge is 2.40. The summed E-state index contributed by atoms with van der Waals surface area (Å²) < 4.78 is 64.6. The number of methoxy groups -OCH3 is 2. The highest BCUT2D eigenvalue weighted by Crippen LogP contribution is 2.41. The molecular weight excluding hydrogens is 523 g/mol. The summed E-state index contributed by atoms with van der Waals surface area (Å²) in [6.45, 7) is 1.10. The van der Waals surface area contributed by atoms with Crippen LogP contribution in [-0.4, -0.2) is 32.4 Å². The third-order valence-corrected chi connectivity index (χ3v) is 6.72. The van der Waals surface area contributed by atoms with E-state index < -0.39 is 22.9 Å². The normalized spacial score (nSPS) is 13.7. The molecule has 6 nitrogen and oxygen atoms in total. The summed E-state index contributed by atoms with van der Waals surface area (Å²) in [4.78, 5) is 15.5. The van der Waals surface area contributed by atoms with Crippen LogP contribution in [0.2, 0.25) is 5.02 Å². The van der Waals surface area contributed by atoms with Gasteiger partial charge in [-0.2, -0.15) is 13.2 Å². The molecule has 0 N–H and O–H groups in total. The van der Waals surface area contributed by atoms with Gasteiger partial charge in [-0.25, -0.2) is 0 Å². The maximum absolute atomic E-state index is 14.3. The molecule has 0 atom stereocenters. The SMILES string of the molecule is COc1ccc(-c2c(C(F)(F)F)oc3c4c(ccc3c2=O)OCN(CCc2ccc(Cl)cc2)C4)cc1OC. The lowest BCUT2D eigenvalue weighted by Crippen LogP contribution is -2.34. The van der Waals surface area contributed by atoms with Crippen molar-refractivity contribution in [1.82, 2.24) is 4.90 Å². The lowest BCUT2D eigenvalue weighted by molar-refractivity contribution is -0.152. The number of nitrogens with zero attached hydrogens (tertiary/aromatic N) is 1. The number of benzene rings is 3. The quantitative estimate of drug-likeness (QED) is 0.274. The molecule has 0 aliphatic carbocycles. The third kappa shape index (κ3) is 4.91. The van der Waals surface area contributed by atoms with Gasteiger partial charge < -0.3 is 18.6 Å². The second-order valence-corrected chi connectivity index (χ2v) is 9.26. The minimum Gasteiger partial charge on any atom is -0.493 e. The second-order valence-electron chi connectivity index (χ2n) is 8.82. The van der Waals surface area contributed by atoms with E-state index in [0.717, 1.165) is 5.56 Å². The topological polar surface area (TPSA) is 61.1 Å². The first-order valence-corrected chi connectivity index (χ1v) is 12.1. The standard InChI is InChI=1S/C28H23ClF3NO5/c1-35-22-9-5-17(13-23(22)36-2)24-25(34)19-8-10-21-20(26(19)38-27(24)28(30,31)32)14-33(15-37-21)12-11-16-3-6-18(29)7-4-16/h3-10,13H,11-12,14-15H2,1-2H3. The predicted octanol–water partition coefficient (Wildman–Crippen LogP) is 6.54. The van der Waals surface area contributed by atoms with Crippen LogP contribution in [-0.2, 0) is 19.1 Å². The highest BCUT2D eigenvalue weighted by molar-refractivity contribution is 6.30. The van der Waals surface area contributed by atoms with E-state index in [2.05, 4.69) is 0 Å². The predicted molar refractivity (Wildman–Crippen MR) is 137 cm³/mol. The van der Waals surface area contributed by atoms with Crippen molar-refractivity contribution in [1.29, 1.82) is 0 Å². The van der Waals surface area contributed by atoms with E-state index in [1.54, 1.807) is 18.2 Å². The summed E-state index contributed by atoms with van der Waals surface area (Å²) >= 11 is 5.95. The van der Waals surface area contributed by atoms with Crippen LogP contribution in [0.3, 0.4) is 0 Å². The van der Waals surface area contributed by atoms with Crippen molar-refractivity contribution in [3.63, 3.8) is 0 Å². The maximum atomic E-state index is 14.3. The van der Waals surface area contributed by atoms with Crippen molar-refractivity contribution < 1.29 is 31.8 Å². The van der Waals surface area contributed by atoms with Gasteiger partial charge in [0.15, 0.2) is 11.5 Å². The molecule has 2 heterocycles. The van der Waals surface area contributed by atoms with Gasteiger partial charge in [0.25, 0.3) is 0 Å². The number of hydrogen-bond donors (Lipinski definition) is 0. The summed E-state index contributed by atoms with van der Waals surface area (Å²) in [5.74, 6) is -0.489. The molecule has 0 saturated carbocycles. The number of hydrogen-bond acceptors (Lipinski definition) is 6. The Morgan fingerprint density at radius 2 is 1.74 bits per heavy atom. The van der Waals surface area contributed by atoms with Gasteiger partial charge in [0.1, 0.15) is 18.1 Å². The Labute approximate surface area is 221 Å².